The van der Waals surface area contributed by atoms with Gasteiger partial charge < -0.3 is 19.0 Å². The molecule has 29 heavy (non-hydrogen) atoms. The monoisotopic (exact) mass is 389 g/mol. The summed E-state index contributed by atoms with van der Waals surface area (Å²) in [6.45, 7) is 1.24. The van der Waals surface area contributed by atoms with Crippen LogP contribution >= 0.6 is 0 Å². The fraction of sp³-hybridized carbons (Fsp3) is 0.375. The number of nitrogens with zero attached hydrogens (tertiary/aromatic N) is 3. The Morgan fingerprint density at radius 1 is 1.14 bits per heavy atom. The van der Waals surface area contributed by atoms with Crippen molar-refractivity contribution in [2.24, 2.45) is 13.0 Å². The summed E-state index contributed by atoms with van der Waals surface area (Å²) in [5.41, 5.74) is 5.73. The Kier molecular flexibility index (Phi) is 4.55. The minimum absolute atomic E-state index is 0.219. The zero-order valence-electron chi connectivity index (χ0n) is 17.1. The van der Waals surface area contributed by atoms with Gasteiger partial charge in [0.05, 0.1) is 23.8 Å². The first-order valence-corrected chi connectivity index (χ1v) is 10.4. The molecule has 0 radical (unpaired) electrons. The molecule has 0 saturated heterocycles. The molecule has 1 saturated carbocycles. The fourth-order valence-corrected chi connectivity index (χ4v) is 4.43. The number of aromatic nitrogens is 3. The Morgan fingerprint density at radius 2 is 1.97 bits per heavy atom. The van der Waals surface area contributed by atoms with Crippen LogP contribution in [0.15, 0.2) is 42.5 Å². The standard InChI is InChI=1S/C24H27N3O2/c1-26-23-19(9-4-10-21(23)29-2)25-24(26)20-14-18-7-3-6-17(8-5-13-28)22(18)27(20)15-16-11-12-16/h3-4,6-7,9-10,14,16,28H,5,8,11-13,15H2,1-2H3. The predicted octanol–water partition coefficient (Wildman–Crippen LogP) is 4.54. The van der Waals surface area contributed by atoms with E-state index in [-0.39, 0.29) is 6.61 Å². The average Bonchev–Trinajstić information content (AvgIpc) is 3.40. The van der Waals surface area contributed by atoms with Gasteiger partial charge in [-0.3, -0.25) is 0 Å². The molecule has 5 nitrogen and oxygen atoms in total. The molecule has 0 atom stereocenters. The summed E-state index contributed by atoms with van der Waals surface area (Å²) in [7, 11) is 3.78. The number of methoxy groups -OCH3 is 1. The Morgan fingerprint density at radius 3 is 2.72 bits per heavy atom. The molecule has 2 heterocycles. The number of hydrogen-bond donors (Lipinski definition) is 1. The Bertz CT molecular complexity index is 1180. The molecule has 1 aliphatic rings. The number of fused-ring (bicyclic) bond motifs is 2. The van der Waals surface area contributed by atoms with Gasteiger partial charge in [0.25, 0.3) is 0 Å². The molecular formula is C24H27N3O2. The third kappa shape index (κ3) is 3.10. The van der Waals surface area contributed by atoms with Crippen LogP contribution in [-0.2, 0) is 20.0 Å². The molecule has 150 valence electrons. The van der Waals surface area contributed by atoms with Gasteiger partial charge in [0.15, 0.2) is 5.82 Å². The van der Waals surface area contributed by atoms with Crippen molar-refractivity contribution in [3.05, 3.63) is 48.0 Å². The molecule has 0 spiro atoms. The molecule has 4 aromatic rings. The first kappa shape index (κ1) is 18.3. The maximum Gasteiger partial charge on any atom is 0.157 e. The van der Waals surface area contributed by atoms with Crippen molar-refractivity contribution < 1.29 is 9.84 Å². The lowest BCUT2D eigenvalue weighted by Gasteiger charge is -2.13. The van der Waals surface area contributed by atoms with Crippen molar-refractivity contribution in [3.8, 4) is 17.3 Å². The van der Waals surface area contributed by atoms with Crippen LogP contribution in [0.3, 0.4) is 0 Å². The predicted molar refractivity (Wildman–Crippen MR) is 116 cm³/mol. The number of imidazole rings is 1. The van der Waals surface area contributed by atoms with Crippen LogP contribution in [0, 0.1) is 5.92 Å². The van der Waals surface area contributed by atoms with Crippen molar-refractivity contribution in [1.82, 2.24) is 14.1 Å². The maximum absolute atomic E-state index is 9.34. The summed E-state index contributed by atoms with van der Waals surface area (Å²) in [6, 6.07) is 14.8. The molecule has 0 amide bonds. The van der Waals surface area contributed by atoms with E-state index in [9.17, 15) is 5.11 Å². The van der Waals surface area contributed by atoms with Gasteiger partial charge in [-0.2, -0.15) is 0 Å². The van der Waals surface area contributed by atoms with Crippen molar-refractivity contribution in [2.45, 2.75) is 32.2 Å². The van der Waals surface area contributed by atoms with Gasteiger partial charge in [0.2, 0.25) is 0 Å². The number of aliphatic hydroxyl groups excluding tert-OH is 1. The van der Waals surface area contributed by atoms with E-state index in [2.05, 4.69) is 40.4 Å². The number of rotatable bonds is 7. The van der Waals surface area contributed by atoms with Crippen LogP contribution in [-0.4, -0.2) is 32.9 Å². The highest BCUT2D eigenvalue weighted by Crippen LogP contribution is 2.38. The lowest BCUT2D eigenvalue weighted by Crippen LogP contribution is -2.06. The second-order valence-corrected chi connectivity index (χ2v) is 8.09. The van der Waals surface area contributed by atoms with Gasteiger partial charge in [0, 0.05) is 25.6 Å². The lowest BCUT2D eigenvalue weighted by atomic mass is 10.1. The van der Waals surface area contributed by atoms with E-state index in [0.29, 0.717) is 0 Å². The SMILES string of the molecule is COc1cccc2nc(-c3cc4cccc(CCCO)c4n3CC3CC3)n(C)c12. The van der Waals surface area contributed by atoms with E-state index < -0.39 is 0 Å². The van der Waals surface area contributed by atoms with Crippen molar-refractivity contribution in [2.75, 3.05) is 13.7 Å². The maximum atomic E-state index is 9.34. The third-order valence-electron chi connectivity index (χ3n) is 6.05. The average molecular weight is 389 g/mol. The largest absolute Gasteiger partial charge is 0.494 e. The van der Waals surface area contributed by atoms with Crippen molar-refractivity contribution in [3.63, 3.8) is 0 Å². The lowest BCUT2D eigenvalue weighted by molar-refractivity contribution is 0.288. The number of aliphatic hydroxyl groups is 1. The molecule has 1 fully saturated rings. The highest BCUT2D eigenvalue weighted by Gasteiger charge is 2.26. The van der Waals surface area contributed by atoms with E-state index >= 15 is 0 Å². The molecular weight excluding hydrogens is 362 g/mol. The van der Waals surface area contributed by atoms with E-state index in [1.165, 1.54) is 29.3 Å². The summed E-state index contributed by atoms with van der Waals surface area (Å²) < 4.78 is 10.2. The molecule has 1 N–H and O–H groups in total. The van der Waals surface area contributed by atoms with Crippen LogP contribution < -0.4 is 4.74 Å². The second-order valence-electron chi connectivity index (χ2n) is 8.09. The number of ether oxygens (including phenoxy) is 1. The van der Waals surface area contributed by atoms with E-state index in [4.69, 9.17) is 9.72 Å². The Balaban J connectivity index is 1.74. The summed E-state index contributed by atoms with van der Waals surface area (Å²) in [4.78, 5) is 4.99. The zero-order valence-corrected chi connectivity index (χ0v) is 17.1. The number of benzene rings is 2. The third-order valence-corrected chi connectivity index (χ3v) is 6.05. The minimum Gasteiger partial charge on any atom is -0.494 e. The molecule has 0 aliphatic heterocycles. The van der Waals surface area contributed by atoms with Gasteiger partial charge in [-0.1, -0.05) is 24.3 Å². The van der Waals surface area contributed by atoms with E-state index in [1.807, 2.05) is 18.2 Å². The normalized spacial score (nSPS) is 14.2. The number of aryl methyl sites for hydroxylation is 2. The van der Waals surface area contributed by atoms with Crippen LogP contribution in [0.2, 0.25) is 0 Å². The van der Waals surface area contributed by atoms with Gasteiger partial charge >= 0.3 is 0 Å². The first-order chi connectivity index (χ1) is 14.2. The summed E-state index contributed by atoms with van der Waals surface area (Å²) in [5, 5.41) is 10.6. The quantitative estimate of drug-likeness (QED) is 0.505. The summed E-state index contributed by atoms with van der Waals surface area (Å²) >= 11 is 0. The van der Waals surface area contributed by atoms with Gasteiger partial charge in [-0.15, -0.1) is 0 Å². The smallest absolute Gasteiger partial charge is 0.157 e. The fourth-order valence-electron chi connectivity index (χ4n) is 4.43. The number of para-hydroxylation sites is 2. The van der Waals surface area contributed by atoms with E-state index in [1.54, 1.807) is 7.11 Å². The van der Waals surface area contributed by atoms with Crippen LogP contribution in [0.4, 0.5) is 0 Å². The van der Waals surface area contributed by atoms with Gasteiger partial charge in [-0.25, -0.2) is 4.98 Å². The van der Waals surface area contributed by atoms with Crippen LogP contribution in [0.25, 0.3) is 33.5 Å². The van der Waals surface area contributed by atoms with E-state index in [0.717, 1.165) is 53.6 Å². The van der Waals surface area contributed by atoms with Gasteiger partial charge in [0.1, 0.15) is 11.3 Å². The van der Waals surface area contributed by atoms with Crippen LogP contribution in [0.1, 0.15) is 24.8 Å². The Labute approximate surface area is 170 Å². The molecule has 2 aromatic heterocycles. The summed E-state index contributed by atoms with van der Waals surface area (Å²) in [5.74, 6) is 2.56. The molecule has 0 unspecified atom stereocenters. The molecule has 0 bridgehead atoms. The molecule has 1 aliphatic carbocycles. The Hall–Kier alpha value is -2.79. The zero-order chi connectivity index (χ0) is 20.0. The summed E-state index contributed by atoms with van der Waals surface area (Å²) in [6.07, 6.45) is 4.27. The molecule has 5 heteroatoms. The topological polar surface area (TPSA) is 52.2 Å². The first-order valence-electron chi connectivity index (χ1n) is 10.4. The van der Waals surface area contributed by atoms with Crippen molar-refractivity contribution in [1.29, 1.82) is 0 Å². The second kappa shape index (κ2) is 7.23. The highest BCUT2D eigenvalue weighted by molar-refractivity contribution is 5.91. The molecule has 2 aromatic carbocycles. The minimum atomic E-state index is 0.219. The number of hydrogen-bond acceptors (Lipinski definition) is 3. The van der Waals surface area contributed by atoms with Crippen molar-refractivity contribution >= 4 is 21.9 Å². The highest BCUT2D eigenvalue weighted by atomic mass is 16.5. The van der Waals surface area contributed by atoms with Gasteiger partial charge in [-0.05, 0) is 55.4 Å². The molecule has 5 rings (SSSR count). The van der Waals surface area contributed by atoms with Crippen LogP contribution in [0.5, 0.6) is 5.75 Å².